The van der Waals surface area contributed by atoms with Crippen molar-refractivity contribution in [2.75, 3.05) is 18.5 Å². The van der Waals surface area contributed by atoms with Crippen LogP contribution in [0.5, 0.6) is 5.88 Å². The fraction of sp³-hybridized carbons (Fsp3) is 0.600. The maximum atomic E-state index is 9.34. The molecule has 5 heteroatoms. The van der Waals surface area contributed by atoms with Crippen LogP contribution in [0, 0.1) is 0 Å². The lowest BCUT2D eigenvalue weighted by molar-refractivity contribution is 0.183. The number of nitrogens with one attached hydrogen (secondary N) is 1. The highest BCUT2D eigenvalue weighted by Crippen LogP contribution is 2.08. The Hall–Kier alpha value is -1.36. The van der Waals surface area contributed by atoms with E-state index in [0.29, 0.717) is 31.4 Å². The van der Waals surface area contributed by atoms with Crippen molar-refractivity contribution in [3.63, 3.8) is 0 Å². The third kappa shape index (κ3) is 4.12. The summed E-state index contributed by atoms with van der Waals surface area (Å²) in [6, 6.07) is 1.70. The van der Waals surface area contributed by atoms with Crippen LogP contribution in [0.15, 0.2) is 12.3 Å². The van der Waals surface area contributed by atoms with Crippen molar-refractivity contribution >= 4 is 5.95 Å². The van der Waals surface area contributed by atoms with Gasteiger partial charge in [-0.25, -0.2) is 4.98 Å². The van der Waals surface area contributed by atoms with Gasteiger partial charge in [-0.3, -0.25) is 0 Å². The van der Waals surface area contributed by atoms with E-state index in [9.17, 15) is 5.11 Å². The molecular formula is C10H17N3O2. The van der Waals surface area contributed by atoms with Crippen molar-refractivity contribution in [2.24, 2.45) is 0 Å². The Morgan fingerprint density at radius 3 is 3.00 bits per heavy atom. The molecule has 1 atom stereocenters. The van der Waals surface area contributed by atoms with Gasteiger partial charge in [0.05, 0.1) is 12.7 Å². The summed E-state index contributed by atoms with van der Waals surface area (Å²) in [5, 5.41) is 12.3. The molecule has 1 rings (SSSR count). The van der Waals surface area contributed by atoms with Gasteiger partial charge >= 0.3 is 0 Å². The van der Waals surface area contributed by atoms with Crippen molar-refractivity contribution in [1.82, 2.24) is 9.97 Å². The summed E-state index contributed by atoms with van der Waals surface area (Å²) in [4.78, 5) is 8.13. The average Bonchev–Trinajstić information content (AvgIpc) is 2.27. The molecule has 0 radical (unpaired) electrons. The van der Waals surface area contributed by atoms with Crippen LogP contribution in [-0.2, 0) is 0 Å². The molecule has 0 aliphatic carbocycles. The second kappa shape index (κ2) is 6.19. The summed E-state index contributed by atoms with van der Waals surface area (Å²) in [5.74, 6) is 1.02. The third-order valence-electron chi connectivity index (χ3n) is 1.89. The summed E-state index contributed by atoms with van der Waals surface area (Å²) in [6.45, 7) is 4.85. The minimum absolute atomic E-state index is 0.371. The number of hydrogen-bond donors (Lipinski definition) is 2. The molecule has 2 N–H and O–H groups in total. The van der Waals surface area contributed by atoms with Gasteiger partial charge < -0.3 is 15.2 Å². The molecule has 0 fully saturated rings. The summed E-state index contributed by atoms with van der Waals surface area (Å²) < 4.78 is 5.23. The first kappa shape index (κ1) is 11.7. The van der Waals surface area contributed by atoms with Gasteiger partial charge in [-0.15, -0.1) is 0 Å². The second-order valence-corrected chi connectivity index (χ2v) is 3.09. The van der Waals surface area contributed by atoms with E-state index in [1.807, 2.05) is 13.8 Å². The minimum Gasteiger partial charge on any atom is -0.478 e. The Balaban J connectivity index is 2.50. The third-order valence-corrected chi connectivity index (χ3v) is 1.89. The average molecular weight is 211 g/mol. The van der Waals surface area contributed by atoms with E-state index >= 15 is 0 Å². The zero-order valence-electron chi connectivity index (χ0n) is 9.10. The molecule has 0 saturated heterocycles. The van der Waals surface area contributed by atoms with Gasteiger partial charge in [0.1, 0.15) is 0 Å². The smallest absolute Gasteiger partial charge is 0.226 e. The number of hydrogen-bond acceptors (Lipinski definition) is 5. The lowest BCUT2D eigenvalue weighted by Crippen LogP contribution is -2.19. The van der Waals surface area contributed by atoms with Crippen LogP contribution in [0.4, 0.5) is 5.95 Å². The van der Waals surface area contributed by atoms with E-state index in [1.54, 1.807) is 12.3 Å². The molecule has 1 heterocycles. The Morgan fingerprint density at radius 2 is 2.33 bits per heavy atom. The fourth-order valence-corrected chi connectivity index (χ4v) is 1.01. The quantitative estimate of drug-likeness (QED) is 0.736. The molecule has 0 spiro atoms. The number of aliphatic hydroxyl groups is 1. The topological polar surface area (TPSA) is 67.3 Å². The van der Waals surface area contributed by atoms with Gasteiger partial charge in [0, 0.05) is 18.8 Å². The SMILES string of the molecule is CCOc1ccnc(NCC(O)CC)n1. The number of ether oxygens (including phenoxy) is 1. The summed E-state index contributed by atoms with van der Waals surface area (Å²) in [5.41, 5.74) is 0. The summed E-state index contributed by atoms with van der Waals surface area (Å²) >= 11 is 0. The van der Waals surface area contributed by atoms with Gasteiger partial charge in [0.2, 0.25) is 11.8 Å². The highest BCUT2D eigenvalue weighted by atomic mass is 16.5. The maximum absolute atomic E-state index is 9.34. The molecule has 84 valence electrons. The number of nitrogens with zero attached hydrogens (tertiary/aromatic N) is 2. The van der Waals surface area contributed by atoms with Gasteiger partial charge in [0.15, 0.2) is 0 Å². The Morgan fingerprint density at radius 1 is 1.53 bits per heavy atom. The van der Waals surface area contributed by atoms with Crippen LogP contribution in [0.3, 0.4) is 0 Å². The van der Waals surface area contributed by atoms with Gasteiger partial charge in [-0.1, -0.05) is 6.92 Å². The number of anilines is 1. The van der Waals surface area contributed by atoms with Crippen LogP contribution >= 0.6 is 0 Å². The number of aromatic nitrogens is 2. The van der Waals surface area contributed by atoms with Crippen molar-refractivity contribution in [3.8, 4) is 5.88 Å². The molecular weight excluding hydrogens is 194 g/mol. The van der Waals surface area contributed by atoms with Crippen LogP contribution in [0.2, 0.25) is 0 Å². The Kier molecular flexibility index (Phi) is 4.83. The van der Waals surface area contributed by atoms with Crippen LogP contribution < -0.4 is 10.1 Å². The molecule has 0 saturated carbocycles. The minimum atomic E-state index is -0.371. The van der Waals surface area contributed by atoms with Crippen molar-refractivity contribution < 1.29 is 9.84 Å². The van der Waals surface area contributed by atoms with E-state index in [4.69, 9.17) is 4.74 Å². The molecule has 1 aromatic heterocycles. The normalized spacial score (nSPS) is 12.2. The molecule has 5 nitrogen and oxygen atoms in total. The molecule has 1 aromatic rings. The zero-order valence-corrected chi connectivity index (χ0v) is 9.10. The predicted octanol–water partition coefficient (Wildman–Crippen LogP) is 1.06. The van der Waals surface area contributed by atoms with Crippen molar-refractivity contribution in [3.05, 3.63) is 12.3 Å². The Bertz CT molecular complexity index is 294. The summed E-state index contributed by atoms with van der Waals surface area (Å²) in [7, 11) is 0. The van der Waals surface area contributed by atoms with Crippen molar-refractivity contribution in [1.29, 1.82) is 0 Å². The van der Waals surface area contributed by atoms with Crippen molar-refractivity contribution in [2.45, 2.75) is 26.4 Å². The Labute approximate surface area is 89.5 Å². The predicted molar refractivity (Wildman–Crippen MR) is 58.0 cm³/mol. The maximum Gasteiger partial charge on any atom is 0.226 e. The van der Waals surface area contributed by atoms with Crippen LogP contribution in [0.25, 0.3) is 0 Å². The summed E-state index contributed by atoms with van der Waals surface area (Å²) in [6.07, 6.45) is 1.96. The highest BCUT2D eigenvalue weighted by Gasteiger charge is 2.02. The van der Waals surface area contributed by atoms with Gasteiger partial charge in [-0.05, 0) is 13.3 Å². The fourth-order valence-electron chi connectivity index (χ4n) is 1.01. The monoisotopic (exact) mass is 211 g/mol. The van der Waals surface area contributed by atoms with E-state index in [1.165, 1.54) is 0 Å². The van der Waals surface area contributed by atoms with E-state index in [-0.39, 0.29) is 6.10 Å². The lowest BCUT2D eigenvalue weighted by atomic mass is 10.3. The zero-order chi connectivity index (χ0) is 11.1. The van der Waals surface area contributed by atoms with Gasteiger partial charge in [-0.2, -0.15) is 4.98 Å². The van der Waals surface area contributed by atoms with Crippen LogP contribution in [0.1, 0.15) is 20.3 Å². The van der Waals surface area contributed by atoms with E-state index in [2.05, 4.69) is 15.3 Å². The molecule has 15 heavy (non-hydrogen) atoms. The molecule has 0 amide bonds. The molecule has 0 bridgehead atoms. The van der Waals surface area contributed by atoms with Crippen LogP contribution in [-0.4, -0.2) is 34.3 Å². The molecule has 0 aliphatic heterocycles. The first-order valence-electron chi connectivity index (χ1n) is 5.14. The second-order valence-electron chi connectivity index (χ2n) is 3.09. The lowest BCUT2D eigenvalue weighted by Gasteiger charge is -2.09. The first-order chi connectivity index (χ1) is 7.26. The highest BCUT2D eigenvalue weighted by molar-refractivity contribution is 5.27. The molecule has 1 unspecified atom stereocenters. The molecule has 0 aliphatic rings. The largest absolute Gasteiger partial charge is 0.478 e. The number of aliphatic hydroxyl groups excluding tert-OH is 1. The number of rotatable bonds is 6. The first-order valence-corrected chi connectivity index (χ1v) is 5.14. The molecule has 0 aromatic carbocycles. The van der Waals surface area contributed by atoms with Gasteiger partial charge in [0.25, 0.3) is 0 Å². The standard InChI is InChI=1S/C10H17N3O2/c1-3-8(14)7-12-10-11-6-5-9(13-10)15-4-2/h5-6,8,14H,3-4,7H2,1-2H3,(H,11,12,13). The van der Waals surface area contributed by atoms with E-state index < -0.39 is 0 Å². The van der Waals surface area contributed by atoms with E-state index in [0.717, 1.165) is 0 Å².